The molecule has 0 radical (unpaired) electrons. The first kappa shape index (κ1) is 13.7. The average molecular weight is 263 g/mol. The Morgan fingerprint density at radius 2 is 2.37 bits per heavy atom. The van der Waals surface area contributed by atoms with Crippen molar-refractivity contribution in [3.8, 4) is 0 Å². The fraction of sp³-hybridized carbons (Fsp3) is 0.500. The number of nitrogen functional groups attached to an aromatic ring is 1. The SMILES string of the molecule is CCC1CN(c2ccc(C(=O)NC)cc2N)CCO1. The molecule has 3 N–H and O–H groups in total. The molecule has 104 valence electrons. The Bertz CT molecular complexity index is 462. The molecule has 1 aromatic rings. The second-order valence-corrected chi connectivity index (χ2v) is 4.70. The number of carbonyl (C=O) groups is 1. The van der Waals surface area contributed by atoms with E-state index in [4.69, 9.17) is 10.5 Å². The van der Waals surface area contributed by atoms with Crippen LogP contribution in [-0.2, 0) is 4.74 Å². The molecule has 2 rings (SSSR count). The van der Waals surface area contributed by atoms with Gasteiger partial charge in [0.05, 0.1) is 24.1 Å². The van der Waals surface area contributed by atoms with E-state index in [9.17, 15) is 4.79 Å². The quantitative estimate of drug-likeness (QED) is 0.805. The highest BCUT2D eigenvalue weighted by molar-refractivity contribution is 5.96. The highest BCUT2D eigenvalue weighted by atomic mass is 16.5. The predicted octanol–water partition coefficient (Wildman–Crippen LogP) is 1.24. The molecule has 1 saturated heterocycles. The molecule has 1 atom stereocenters. The van der Waals surface area contributed by atoms with Crippen molar-refractivity contribution in [1.82, 2.24) is 5.32 Å². The van der Waals surface area contributed by atoms with E-state index in [1.807, 2.05) is 6.07 Å². The van der Waals surface area contributed by atoms with Crippen molar-refractivity contribution in [3.05, 3.63) is 23.8 Å². The molecule has 1 heterocycles. The maximum absolute atomic E-state index is 11.6. The molecule has 0 saturated carbocycles. The van der Waals surface area contributed by atoms with Crippen molar-refractivity contribution < 1.29 is 9.53 Å². The molecule has 19 heavy (non-hydrogen) atoms. The van der Waals surface area contributed by atoms with Crippen LogP contribution in [0, 0.1) is 0 Å². The Morgan fingerprint density at radius 3 is 3.00 bits per heavy atom. The third-order valence-corrected chi connectivity index (χ3v) is 3.45. The molecule has 0 aromatic heterocycles. The van der Waals surface area contributed by atoms with Gasteiger partial charge in [-0.25, -0.2) is 0 Å². The first-order valence-electron chi connectivity index (χ1n) is 6.63. The zero-order valence-corrected chi connectivity index (χ0v) is 11.5. The summed E-state index contributed by atoms with van der Waals surface area (Å²) in [6, 6.07) is 5.45. The van der Waals surface area contributed by atoms with Crippen molar-refractivity contribution in [1.29, 1.82) is 0 Å². The molecule has 1 aromatic carbocycles. The molecular formula is C14H21N3O2. The van der Waals surface area contributed by atoms with Crippen LogP contribution in [0.5, 0.6) is 0 Å². The zero-order chi connectivity index (χ0) is 13.8. The van der Waals surface area contributed by atoms with Crippen molar-refractivity contribution in [2.24, 2.45) is 0 Å². The Hall–Kier alpha value is -1.75. The van der Waals surface area contributed by atoms with E-state index in [1.165, 1.54) is 0 Å². The topological polar surface area (TPSA) is 67.6 Å². The normalized spacial score (nSPS) is 19.3. The summed E-state index contributed by atoms with van der Waals surface area (Å²) in [6.45, 7) is 4.52. The molecule has 0 aliphatic carbocycles. The van der Waals surface area contributed by atoms with Gasteiger partial charge in [0.1, 0.15) is 0 Å². The van der Waals surface area contributed by atoms with Crippen molar-refractivity contribution in [3.63, 3.8) is 0 Å². The average Bonchev–Trinajstić information content (AvgIpc) is 2.46. The lowest BCUT2D eigenvalue weighted by molar-refractivity contribution is 0.0385. The van der Waals surface area contributed by atoms with Gasteiger partial charge >= 0.3 is 0 Å². The Balaban J connectivity index is 2.18. The van der Waals surface area contributed by atoms with Crippen LogP contribution in [0.15, 0.2) is 18.2 Å². The van der Waals surface area contributed by atoms with Crippen LogP contribution >= 0.6 is 0 Å². The van der Waals surface area contributed by atoms with Crippen LogP contribution in [0.3, 0.4) is 0 Å². The standard InChI is InChI=1S/C14H21N3O2/c1-3-11-9-17(6-7-19-11)13-5-4-10(8-12(13)15)14(18)16-2/h4-5,8,11H,3,6-7,9,15H2,1-2H3,(H,16,18). The number of hydrogen-bond acceptors (Lipinski definition) is 4. The second-order valence-electron chi connectivity index (χ2n) is 4.70. The summed E-state index contributed by atoms with van der Waals surface area (Å²) in [7, 11) is 1.61. The van der Waals surface area contributed by atoms with Crippen LogP contribution in [-0.4, -0.2) is 38.8 Å². The minimum Gasteiger partial charge on any atom is -0.397 e. The second kappa shape index (κ2) is 5.93. The summed E-state index contributed by atoms with van der Waals surface area (Å²) >= 11 is 0. The Labute approximate surface area is 113 Å². The summed E-state index contributed by atoms with van der Waals surface area (Å²) in [4.78, 5) is 13.8. The Kier molecular flexibility index (Phi) is 4.27. The van der Waals surface area contributed by atoms with Gasteiger partial charge in [-0.3, -0.25) is 4.79 Å². The maximum Gasteiger partial charge on any atom is 0.251 e. The third-order valence-electron chi connectivity index (χ3n) is 3.45. The summed E-state index contributed by atoms with van der Waals surface area (Å²) in [6.07, 6.45) is 1.25. The summed E-state index contributed by atoms with van der Waals surface area (Å²) in [5, 5.41) is 2.60. The number of carbonyl (C=O) groups excluding carboxylic acids is 1. The lowest BCUT2D eigenvalue weighted by Gasteiger charge is -2.34. The van der Waals surface area contributed by atoms with Crippen LogP contribution in [0.25, 0.3) is 0 Å². The van der Waals surface area contributed by atoms with Gasteiger partial charge in [0, 0.05) is 25.7 Å². The first-order chi connectivity index (χ1) is 9.15. The summed E-state index contributed by atoms with van der Waals surface area (Å²) in [5.74, 6) is -0.119. The van der Waals surface area contributed by atoms with Crippen LogP contribution in [0.4, 0.5) is 11.4 Å². The number of morpholine rings is 1. The van der Waals surface area contributed by atoms with Gasteiger partial charge in [0.15, 0.2) is 0 Å². The molecule has 0 spiro atoms. The first-order valence-corrected chi connectivity index (χ1v) is 6.63. The molecule has 1 unspecified atom stereocenters. The van der Waals surface area contributed by atoms with E-state index in [0.29, 0.717) is 11.3 Å². The number of amides is 1. The number of anilines is 2. The Morgan fingerprint density at radius 1 is 1.58 bits per heavy atom. The number of nitrogens with one attached hydrogen (secondary N) is 1. The van der Waals surface area contributed by atoms with Crippen LogP contribution in [0.1, 0.15) is 23.7 Å². The molecule has 0 bridgehead atoms. The fourth-order valence-corrected chi connectivity index (χ4v) is 2.31. The van der Waals surface area contributed by atoms with Gasteiger partial charge < -0.3 is 20.7 Å². The predicted molar refractivity (Wildman–Crippen MR) is 76.5 cm³/mol. The fourth-order valence-electron chi connectivity index (χ4n) is 2.31. The lowest BCUT2D eigenvalue weighted by Crippen LogP contribution is -2.42. The highest BCUT2D eigenvalue weighted by Gasteiger charge is 2.21. The number of nitrogens with two attached hydrogens (primary N) is 1. The number of ether oxygens (including phenoxy) is 1. The highest BCUT2D eigenvalue weighted by Crippen LogP contribution is 2.26. The molecule has 5 heteroatoms. The maximum atomic E-state index is 11.6. The van der Waals surface area contributed by atoms with Crippen LogP contribution in [0.2, 0.25) is 0 Å². The van der Waals surface area contributed by atoms with E-state index in [-0.39, 0.29) is 12.0 Å². The van der Waals surface area contributed by atoms with Crippen LogP contribution < -0.4 is 16.0 Å². The molecule has 1 amide bonds. The molecule has 5 nitrogen and oxygen atoms in total. The third kappa shape index (κ3) is 2.98. The number of rotatable bonds is 3. The van der Waals surface area contributed by atoms with Crippen molar-refractivity contribution >= 4 is 17.3 Å². The number of benzene rings is 1. The molecule has 1 fully saturated rings. The summed E-state index contributed by atoms with van der Waals surface area (Å²) in [5.41, 5.74) is 8.27. The largest absolute Gasteiger partial charge is 0.397 e. The number of hydrogen-bond donors (Lipinski definition) is 2. The van der Waals surface area contributed by atoms with Crippen molar-refractivity contribution in [2.75, 3.05) is 37.4 Å². The number of nitrogens with zero attached hydrogens (tertiary/aromatic N) is 1. The van der Waals surface area contributed by atoms with E-state index >= 15 is 0 Å². The minimum atomic E-state index is -0.119. The van der Waals surface area contributed by atoms with Gasteiger partial charge in [-0.2, -0.15) is 0 Å². The van der Waals surface area contributed by atoms with Gasteiger partial charge in [0.2, 0.25) is 0 Å². The van der Waals surface area contributed by atoms with E-state index < -0.39 is 0 Å². The zero-order valence-electron chi connectivity index (χ0n) is 11.5. The molecular weight excluding hydrogens is 242 g/mol. The van der Waals surface area contributed by atoms with E-state index in [2.05, 4.69) is 17.1 Å². The monoisotopic (exact) mass is 263 g/mol. The molecule has 1 aliphatic rings. The van der Waals surface area contributed by atoms with Gasteiger partial charge in [-0.15, -0.1) is 0 Å². The minimum absolute atomic E-state index is 0.119. The van der Waals surface area contributed by atoms with Crippen molar-refractivity contribution in [2.45, 2.75) is 19.4 Å². The molecule has 1 aliphatic heterocycles. The lowest BCUT2D eigenvalue weighted by atomic mass is 10.1. The van der Waals surface area contributed by atoms with Gasteiger partial charge in [-0.05, 0) is 24.6 Å². The van der Waals surface area contributed by atoms with E-state index in [0.717, 1.165) is 31.8 Å². The summed E-state index contributed by atoms with van der Waals surface area (Å²) < 4.78 is 5.65. The van der Waals surface area contributed by atoms with Gasteiger partial charge in [0.25, 0.3) is 5.91 Å². The smallest absolute Gasteiger partial charge is 0.251 e. The van der Waals surface area contributed by atoms with Gasteiger partial charge in [-0.1, -0.05) is 6.92 Å². The van der Waals surface area contributed by atoms with E-state index in [1.54, 1.807) is 19.2 Å².